The van der Waals surface area contributed by atoms with Crippen LogP contribution in [0, 0.1) is 0 Å². The van der Waals surface area contributed by atoms with Gasteiger partial charge in [0.05, 0.1) is 37.1 Å². The maximum atomic E-state index is 11.3. The second kappa shape index (κ2) is 10.0. The molecule has 6 nitrogen and oxygen atoms in total. The van der Waals surface area contributed by atoms with Gasteiger partial charge in [-0.15, -0.1) is 0 Å². The number of esters is 1. The molecule has 0 unspecified atom stereocenters. The lowest BCUT2D eigenvalue weighted by Crippen LogP contribution is -2.33. The largest absolute Gasteiger partial charge is 0.460 e. The van der Waals surface area contributed by atoms with Gasteiger partial charge in [-0.05, 0) is 50.5 Å². The minimum Gasteiger partial charge on any atom is -0.460 e. The summed E-state index contributed by atoms with van der Waals surface area (Å²) in [5.41, 5.74) is 1.16. The van der Waals surface area contributed by atoms with Crippen LogP contribution in [0.15, 0.2) is 30.3 Å². The molecule has 0 aliphatic carbocycles. The molecule has 1 aromatic rings. The van der Waals surface area contributed by atoms with Crippen molar-refractivity contribution in [3.05, 3.63) is 35.9 Å². The van der Waals surface area contributed by atoms with Crippen molar-refractivity contribution in [2.45, 2.75) is 94.6 Å². The van der Waals surface area contributed by atoms with Crippen molar-refractivity contribution in [1.29, 1.82) is 0 Å². The first-order chi connectivity index (χ1) is 14.2. The monoisotopic (exact) mass is 404 g/mol. The van der Waals surface area contributed by atoms with Gasteiger partial charge in [0.1, 0.15) is 6.10 Å². The van der Waals surface area contributed by atoms with E-state index in [-0.39, 0.29) is 36.5 Å². The molecule has 29 heavy (non-hydrogen) atoms. The summed E-state index contributed by atoms with van der Waals surface area (Å²) in [7, 11) is 0. The van der Waals surface area contributed by atoms with Crippen LogP contribution >= 0.6 is 0 Å². The number of benzene rings is 1. The van der Waals surface area contributed by atoms with Gasteiger partial charge in [-0.1, -0.05) is 30.3 Å². The molecular weight excluding hydrogens is 372 g/mol. The van der Waals surface area contributed by atoms with Crippen LogP contribution < -0.4 is 0 Å². The Labute approximate surface area is 172 Å². The number of aliphatic hydroxyl groups is 1. The lowest BCUT2D eigenvalue weighted by Gasteiger charge is -2.24. The van der Waals surface area contributed by atoms with Crippen LogP contribution in [0.2, 0.25) is 0 Å². The molecule has 3 saturated heterocycles. The van der Waals surface area contributed by atoms with Gasteiger partial charge in [-0.25, -0.2) is 0 Å². The maximum absolute atomic E-state index is 11.3. The fourth-order valence-corrected chi connectivity index (χ4v) is 4.64. The Bertz CT molecular complexity index is 650. The van der Waals surface area contributed by atoms with Gasteiger partial charge in [0.15, 0.2) is 0 Å². The van der Waals surface area contributed by atoms with Crippen molar-refractivity contribution in [2.24, 2.45) is 0 Å². The molecule has 4 rings (SSSR count). The SMILES string of the molecule is O=C1CC[C@@H]([C@H]2CC[C@@H]([C@H]3CC[C@@H]([C@H](O)CCCOCc4ccccc4)O3)O2)O1. The van der Waals surface area contributed by atoms with Crippen LogP contribution in [0.3, 0.4) is 0 Å². The Balaban J connectivity index is 1.12. The van der Waals surface area contributed by atoms with Gasteiger partial charge in [-0.3, -0.25) is 4.79 Å². The van der Waals surface area contributed by atoms with Crippen molar-refractivity contribution in [1.82, 2.24) is 0 Å². The first-order valence-corrected chi connectivity index (χ1v) is 11.0. The summed E-state index contributed by atoms with van der Waals surface area (Å²) in [5, 5.41) is 10.5. The van der Waals surface area contributed by atoms with E-state index in [1.807, 2.05) is 30.3 Å². The van der Waals surface area contributed by atoms with Crippen molar-refractivity contribution >= 4 is 5.97 Å². The Morgan fingerprint density at radius 2 is 1.69 bits per heavy atom. The zero-order valence-electron chi connectivity index (χ0n) is 16.9. The number of ether oxygens (including phenoxy) is 4. The molecule has 160 valence electrons. The van der Waals surface area contributed by atoms with Gasteiger partial charge < -0.3 is 24.1 Å². The number of aliphatic hydroxyl groups excluding tert-OH is 1. The van der Waals surface area contributed by atoms with Gasteiger partial charge in [0, 0.05) is 13.0 Å². The Kier molecular flexibility index (Phi) is 7.19. The fraction of sp³-hybridized carbons (Fsp3) is 0.696. The number of carbonyl (C=O) groups is 1. The number of cyclic esters (lactones) is 1. The molecule has 3 fully saturated rings. The second-order valence-electron chi connectivity index (χ2n) is 8.40. The van der Waals surface area contributed by atoms with Crippen molar-refractivity contribution in [2.75, 3.05) is 6.61 Å². The van der Waals surface area contributed by atoms with Crippen LogP contribution in [0.25, 0.3) is 0 Å². The summed E-state index contributed by atoms with van der Waals surface area (Å²) < 4.78 is 23.3. The minimum atomic E-state index is -0.465. The lowest BCUT2D eigenvalue weighted by molar-refractivity contribution is -0.149. The molecule has 1 aromatic carbocycles. The molecule has 6 heteroatoms. The van der Waals surface area contributed by atoms with E-state index in [2.05, 4.69) is 0 Å². The molecule has 3 aliphatic rings. The van der Waals surface area contributed by atoms with Crippen molar-refractivity contribution in [3.63, 3.8) is 0 Å². The molecule has 0 radical (unpaired) electrons. The van der Waals surface area contributed by atoms with E-state index in [4.69, 9.17) is 18.9 Å². The molecule has 0 bridgehead atoms. The highest BCUT2D eigenvalue weighted by atomic mass is 16.6. The zero-order chi connectivity index (χ0) is 20.1. The van der Waals surface area contributed by atoms with Crippen molar-refractivity contribution in [3.8, 4) is 0 Å². The van der Waals surface area contributed by atoms with E-state index in [9.17, 15) is 9.90 Å². The molecule has 0 spiro atoms. The van der Waals surface area contributed by atoms with Crippen LogP contribution in [0.1, 0.15) is 56.9 Å². The summed E-state index contributed by atoms with van der Waals surface area (Å²) in [6.45, 7) is 1.24. The molecule has 1 N–H and O–H groups in total. The number of carbonyl (C=O) groups excluding carboxylic acids is 1. The van der Waals surface area contributed by atoms with Crippen molar-refractivity contribution < 1.29 is 28.8 Å². The predicted molar refractivity (Wildman–Crippen MR) is 106 cm³/mol. The van der Waals surface area contributed by atoms with Crippen LogP contribution in [-0.4, -0.2) is 54.3 Å². The average molecular weight is 405 g/mol. The predicted octanol–water partition coefficient (Wildman–Crippen LogP) is 3.15. The third kappa shape index (κ3) is 5.57. The Morgan fingerprint density at radius 3 is 2.45 bits per heavy atom. The number of rotatable bonds is 9. The highest BCUT2D eigenvalue weighted by Gasteiger charge is 2.43. The van der Waals surface area contributed by atoms with Gasteiger partial charge in [0.25, 0.3) is 0 Å². The first-order valence-electron chi connectivity index (χ1n) is 11.0. The van der Waals surface area contributed by atoms with E-state index in [1.165, 1.54) is 0 Å². The highest BCUT2D eigenvalue weighted by molar-refractivity contribution is 5.71. The molecule has 3 heterocycles. The maximum Gasteiger partial charge on any atom is 0.306 e. The molecule has 0 saturated carbocycles. The lowest BCUT2D eigenvalue weighted by atomic mass is 10.0. The van der Waals surface area contributed by atoms with Gasteiger partial charge >= 0.3 is 5.97 Å². The molecule has 3 aliphatic heterocycles. The standard InChI is InChI=1S/C23H32O6/c24-17(7-4-14-26-15-16-5-2-1-3-6-16)18-8-9-19(27-18)20-10-11-21(28-20)22-12-13-23(25)29-22/h1-3,5-6,17-22,24H,4,7-15H2/t17-,18+,19-,20+,21-,22+/m1/s1. The van der Waals surface area contributed by atoms with Gasteiger partial charge in [-0.2, -0.15) is 0 Å². The normalized spacial score (nSPS) is 33.1. The smallest absolute Gasteiger partial charge is 0.306 e. The van der Waals surface area contributed by atoms with E-state index in [0.29, 0.717) is 26.1 Å². The van der Waals surface area contributed by atoms with E-state index < -0.39 is 6.10 Å². The van der Waals surface area contributed by atoms with E-state index in [1.54, 1.807) is 0 Å². The Hall–Kier alpha value is -1.47. The minimum absolute atomic E-state index is 0.000729. The zero-order valence-corrected chi connectivity index (χ0v) is 16.9. The number of hydrogen-bond donors (Lipinski definition) is 1. The average Bonchev–Trinajstić information content (AvgIpc) is 3.48. The first kappa shape index (κ1) is 20.8. The molecule has 0 aromatic heterocycles. The van der Waals surface area contributed by atoms with Crippen LogP contribution in [-0.2, 0) is 30.3 Å². The quantitative estimate of drug-likeness (QED) is 0.503. The third-order valence-electron chi connectivity index (χ3n) is 6.24. The highest BCUT2D eigenvalue weighted by Crippen LogP contribution is 2.36. The van der Waals surface area contributed by atoms with Crippen LogP contribution in [0.5, 0.6) is 0 Å². The molecular formula is C23H32O6. The molecule has 6 atom stereocenters. The third-order valence-corrected chi connectivity index (χ3v) is 6.24. The van der Waals surface area contributed by atoms with E-state index in [0.717, 1.165) is 44.1 Å². The summed E-state index contributed by atoms with van der Waals surface area (Å²) >= 11 is 0. The van der Waals surface area contributed by atoms with Crippen LogP contribution in [0.4, 0.5) is 0 Å². The summed E-state index contributed by atoms with van der Waals surface area (Å²) in [5.74, 6) is -0.116. The Morgan fingerprint density at radius 1 is 0.966 bits per heavy atom. The summed E-state index contributed by atoms with van der Waals surface area (Å²) in [6, 6.07) is 10.1. The van der Waals surface area contributed by atoms with E-state index >= 15 is 0 Å². The molecule has 0 amide bonds. The summed E-state index contributed by atoms with van der Waals surface area (Å²) in [6.07, 6.45) is 5.76. The van der Waals surface area contributed by atoms with Gasteiger partial charge in [0.2, 0.25) is 0 Å². The fourth-order valence-electron chi connectivity index (χ4n) is 4.64. The topological polar surface area (TPSA) is 74.2 Å². The number of hydrogen-bond acceptors (Lipinski definition) is 6. The second-order valence-corrected chi connectivity index (χ2v) is 8.40. The summed E-state index contributed by atoms with van der Waals surface area (Å²) in [4.78, 5) is 11.3.